The van der Waals surface area contributed by atoms with Crippen molar-refractivity contribution in [2.45, 2.75) is 0 Å². The van der Waals surface area contributed by atoms with Gasteiger partial charge in [0.2, 0.25) is 0 Å². The van der Waals surface area contributed by atoms with Crippen molar-refractivity contribution < 1.29 is 4.79 Å². The zero-order valence-electron chi connectivity index (χ0n) is 9.19. The van der Waals surface area contributed by atoms with E-state index in [0.29, 0.717) is 10.6 Å². The van der Waals surface area contributed by atoms with Gasteiger partial charge in [0.25, 0.3) is 0 Å². The summed E-state index contributed by atoms with van der Waals surface area (Å²) in [5.74, 6) is 0. The molecule has 0 spiro atoms. The molecule has 2 aromatic carbocycles. The molecule has 0 unspecified atom stereocenters. The largest absolute Gasteiger partial charge is 0.298 e. The Labute approximate surface area is 105 Å². The molecule has 0 bridgehead atoms. The van der Waals surface area contributed by atoms with Gasteiger partial charge < -0.3 is 0 Å². The second-order valence-electron chi connectivity index (χ2n) is 3.70. The molecule has 2 heteroatoms. The molecule has 0 saturated heterocycles. The van der Waals surface area contributed by atoms with E-state index in [0.717, 1.165) is 23.0 Å². The van der Waals surface area contributed by atoms with Gasteiger partial charge in [0.1, 0.15) is 6.29 Å². The van der Waals surface area contributed by atoms with Crippen LogP contribution in [0.15, 0.2) is 55.1 Å². The lowest BCUT2D eigenvalue weighted by atomic mass is 9.98. The topological polar surface area (TPSA) is 17.1 Å². The van der Waals surface area contributed by atoms with Crippen LogP contribution in [0, 0.1) is 0 Å². The van der Waals surface area contributed by atoms with Gasteiger partial charge in [-0.3, -0.25) is 4.79 Å². The summed E-state index contributed by atoms with van der Waals surface area (Å²) < 4.78 is 0. The number of carbonyl (C=O) groups is 1. The molecule has 0 N–H and O–H groups in total. The van der Waals surface area contributed by atoms with Crippen molar-refractivity contribution in [2.75, 3.05) is 0 Å². The molecule has 84 valence electrons. The Bertz CT molecular complexity index is 573. The fourth-order valence-corrected chi connectivity index (χ4v) is 1.91. The second-order valence-corrected chi connectivity index (χ2v) is 4.11. The van der Waals surface area contributed by atoms with E-state index in [1.807, 2.05) is 36.4 Å². The maximum Gasteiger partial charge on any atom is 0.150 e. The van der Waals surface area contributed by atoms with Crippen LogP contribution in [0.2, 0.25) is 5.02 Å². The fourth-order valence-electron chi connectivity index (χ4n) is 1.66. The van der Waals surface area contributed by atoms with Crippen LogP contribution in [0.4, 0.5) is 0 Å². The van der Waals surface area contributed by atoms with Crippen LogP contribution >= 0.6 is 11.6 Å². The van der Waals surface area contributed by atoms with E-state index in [-0.39, 0.29) is 0 Å². The first-order valence-electron chi connectivity index (χ1n) is 5.22. The van der Waals surface area contributed by atoms with Gasteiger partial charge in [-0.15, -0.1) is 0 Å². The summed E-state index contributed by atoms with van der Waals surface area (Å²) in [6.45, 7) is 4.03. The third-order valence-electron chi connectivity index (χ3n) is 2.57. The first-order valence-corrected chi connectivity index (χ1v) is 5.59. The van der Waals surface area contributed by atoms with Gasteiger partial charge in [0.05, 0.1) is 0 Å². The maximum atomic E-state index is 10.7. The predicted octanol–water partition coefficient (Wildman–Crippen LogP) is 4.21. The summed E-state index contributed by atoms with van der Waals surface area (Å²) in [4.78, 5) is 10.7. The van der Waals surface area contributed by atoms with E-state index >= 15 is 0 Å². The standard InChI is InChI=1S/C15H11ClO/c1-11(14-7-2-3-8-15(14)16)13-6-4-5-12(9-13)10-17/h2-10H,1H2. The van der Waals surface area contributed by atoms with E-state index in [4.69, 9.17) is 11.6 Å². The number of aldehydes is 1. The highest BCUT2D eigenvalue weighted by Gasteiger charge is 2.06. The molecule has 0 heterocycles. The van der Waals surface area contributed by atoms with Crippen molar-refractivity contribution in [1.29, 1.82) is 0 Å². The third-order valence-corrected chi connectivity index (χ3v) is 2.90. The van der Waals surface area contributed by atoms with Crippen molar-refractivity contribution >= 4 is 23.5 Å². The highest BCUT2D eigenvalue weighted by Crippen LogP contribution is 2.27. The zero-order valence-corrected chi connectivity index (χ0v) is 9.95. The SMILES string of the molecule is C=C(c1cccc(C=O)c1)c1ccccc1Cl. The third kappa shape index (κ3) is 2.45. The summed E-state index contributed by atoms with van der Waals surface area (Å²) in [6.07, 6.45) is 0.823. The minimum Gasteiger partial charge on any atom is -0.298 e. The molecule has 0 aliphatic rings. The monoisotopic (exact) mass is 242 g/mol. The normalized spacial score (nSPS) is 9.94. The lowest BCUT2D eigenvalue weighted by molar-refractivity contribution is 0.112. The van der Waals surface area contributed by atoms with Gasteiger partial charge in [-0.2, -0.15) is 0 Å². The van der Waals surface area contributed by atoms with Gasteiger partial charge in [-0.1, -0.05) is 54.6 Å². The number of benzene rings is 2. The molecular weight excluding hydrogens is 232 g/mol. The lowest BCUT2D eigenvalue weighted by Gasteiger charge is -2.08. The van der Waals surface area contributed by atoms with E-state index in [9.17, 15) is 4.79 Å². The van der Waals surface area contributed by atoms with Crippen LogP contribution in [0.25, 0.3) is 5.57 Å². The Hall–Kier alpha value is -1.86. The van der Waals surface area contributed by atoms with Gasteiger partial charge in [0.15, 0.2) is 0 Å². The summed E-state index contributed by atoms with van der Waals surface area (Å²) >= 11 is 6.11. The number of hydrogen-bond acceptors (Lipinski definition) is 1. The van der Waals surface area contributed by atoms with Crippen molar-refractivity contribution in [3.8, 4) is 0 Å². The van der Waals surface area contributed by atoms with E-state index in [2.05, 4.69) is 6.58 Å². The molecule has 0 fully saturated rings. The number of hydrogen-bond donors (Lipinski definition) is 0. The van der Waals surface area contributed by atoms with Gasteiger partial charge >= 0.3 is 0 Å². The molecule has 0 aliphatic carbocycles. The number of halogens is 1. The highest BCUT2D eigenvalue weighted by atomic mass is 35.5. The van der Waals surface area contributed by atoms with Gasteiger partial charge in [0, 0.05) is 16.1 Å². The number of rotatable bonds is 3. The molecule has 2 aromatic rings. The maximum absolute atomic E-state index is 10.7. The van der Waals surface area contributed by atoms with Crippen LogP contribution in [-0.4, -0.2) is 6.29 Å². The van der Waals surface area contributed by atoms with Crippen molar-refractivity contribution in [3.05, 3.63) is 76.8 Å². The quantitative estimate of drug-likeness (QED) is 0.737. The van der Waals surface area contributed by atoms with Crippen molar-refractivity contribution in [1.82, 2.24) is 0 Å². The van der Waals surface area contributed by atoms with E-state index in [1.54, 1.807) is 12.1 Å². The van der Waals surface area contributed by atoms with Crippen molar-refractivity contribution in [3.63, 3.8) is 0 Å². The highest BCUT2D eigenvalue weighted by molar-refractivity contribution is 6.32. The summed E-state index contributed by atoms with van der Waals surface area (Å²) in [7, 11) is 0. The van der Waals surface area contributed by atoms with Crippen LogP contribution < -0.4 is 0 Å². The molecule has 17 heavy (non-hydrogen) atoms. The average Bonchev–Trinajstić information content (AvgIpc) is 2.38. The Morgan fingerprint density at radius 1 is 1.12 bits per heavy atom. The summed E-state index contributed by atoms with van der Waals surface area (Å²) in [5.41, 5.74) is 3.25. The van der Waals surface area contributed by atoms with Crippen molar-refractivity contribution in [2.24, 2.45) is 0 Å². The van der Waals surface area contributed by atoms with Gasteiger partial charge in [-0.25, -0.2) is 0 Å². The molecule has 0 saturated carbocycles. The Kier molecular flexibility index (Phi) is 3.40. The molecule has 1 nitrogen and oxygen atoms in total. The second kappa shape index (κ2) is 4.98. The predicted molar refractivity (Wildman–Crippen MR) is 71.4 cm³/mol. The first kappa shape index (κ1) is 11.6. The first-order chi connectivity index (χ1) is 8.22. The smallest absolute Gasteiger partial charge is 0.150 e. The molecule has 0 atom stereocenters. The van der Waals surface area contributed by atoms with Crippen LogP contribution in [0.5, 0.6) is 0 Å². The zero-order chi connectivity index (χ0) is 12.3. The molecule has 0 radical (unpaired) electrons. The minimum atomic E-state index is 0.635. The van der Waals surface area contributed by atoms with Crippen LogP contribution in [0.3, 0.4) is 0 Å². The molecule has 0 aromatic heterocycles. The van der Waals surface area contributed by atoms with E-state index in [1.165, 1.54) is 0 Å². The summed E-state index contributed by atoms with van der Waals surface area (Å²) in [5, 5.41) is 0.661. The van der Waals surface area contributed by atoms with Crippen LogP contribution in [-0.2, 0) is 0 Å². The Morgan fingerprint density at radius 2 is 1.88 bits per heavy atom. The van der Waals surface area contributed by atoms with Crippen LogP contribution in [0.1, 0.15) is 21.5 Å². The van der Waals surface area contributed by atoms with E-state index < -0.39 is 0 Å². The fraction of sp³-hybridized carbons (Fsp3) is 0. The lowest BCUT2D eigenvalue weighted by Crippen LogP contribution is -1.89. The average molecular weight is 243 g/mol. The van der Waals surface area contributed by atoms with Gasteiger partial charge in [-0.05, 0) is 23.3 Å². The minimum absolute atomic E-state index is 0.635. The summed E-state index contributed by atoms with van der Waals surface area (Å²) in [6, 6.07) is 14.8. The Balaban J connectivity index is 2.44. The number of carbonyl (C=O) groups excluding carboxylic acids is 1. The Morgan fingerprint density at radius 3 is 2.59 bits per heavy atom. The molecule has 2 rings (SSSR count). The molecular formula is C15H11ClO. The molecule has 0 aliphatic heterocycles. The molecule has 0 amide bonds.